The molecule has 2 heterocycles. The highest BCUT2D eigenvalue weighted by molar-refractivity contribution is 5.79. The number of likely N-dealkylation sites (N-methyl/N-ethyl adjacent to an activating group) is 1. The Morgan fingerprint density at radius 2 is 2.28 bits per heavy atom. The summed E-state index contributed by atoms with van der Waals surface area (Å²) < 4.78 is 5.64. The van der Waals surface area contributed by atoms with E-state index in [2.05, 4.69) is 19.2 Å². The predicted molar refractivity (Wildman–Crippen MR) is 71.4 cm³/mol. The van der Waals surface area contributed by atoms with Crippen LogP contribution in [0.1, 0.15) is 39.5 Å². The molecule has 1 unspecified atom stereocenters. The summed E-state index contributed by atoms with van der Waals surface area (Å²) in [5.41, 5.74) is 0. The Kier molecular flexibility index (Phi) is 5.01. The van der Waals surface area contributed by atoms with Gasteiger partial charge in [-0.15, -0.1) is 0 Å². The maximum Gasteiger partial charge on any atom is 0.225 e. The van der Waals surface area contributed by atoms with Gasteiger partial charge in [-0.05, 0) is 46.1 Å². The normalized spacial score (nSPS) is 32.4. The van der Waals surface area contributed by atoms with Gasteiger partial charge in [0.1, 0.15) is 0 Å². The van der Waals surface area contributed by atoms with E-state index < -0.39 is 0 Å². The molecule has 0 spiro atoms. The van der Waals surface area contributed by atoms with Crippen LogP contribution in [0.3, 0.4) is 0 Å². The first-order chi connectivity index (χ1) is 8.70. The van der Waals surface area contributed by atoms with Crippen LogP contribution < -0.4 is 5.32 Å². The van der Waals surface area contributed by atoms with Crippen molar-refractivity contribution in [3.8, 4) is 0 Å². The largest absolute Gasteiger partial charge is 0.376 e. The summed E-state index contributed by atoms with van der Waals surface area (Å²) in [5, 5.41) is 3.40. The van der Waals surface area contributed by atoms with E-state index in [4.69, 9.17) is 4.74 Å². The van der Waals surface area contributed by atoms with Crippen molar-refractivity contribution < 1.29 is 9.53 Å². The predicted octanol–water partition coefficient (Wildman–Crippen LogP) is 1.40. The molecule has 0 bridgehead atoms. The molecule has 18 heavy (non-hydrogen) atoms. The molecule has 2 fully saturated rings. The molecule has 3 atom stereocenters. The molecule has 2 rings (SSSR count). The molecule has 0 aromatic carbocycles. The van der Waals surface area contributed by atoms with Crippen LogP contribution in [0.4, 0.5) is 0 Å². The number of carbonyl (C=O) groups is 1. The summed E-state index contributed by atoms with van der Waals surface area (Å²) in [4.78, 5) is 14.5. The van der Waals surface area contributed by atoms with Crippen LogP contribution in [-0.4, -0.2) is 49.2 Å². The van der Waals surface area contributed by atoms with Gasteiger partial charge in [0, 0.05) is 31.7 Å². The van der Waals surface area contributed by atoms with E-state index in [0.29, 0.717) is 11.9 Å². The fraction of sp³-hybridized carbons (Fsp3) is 0.929. The first-order valence-corrected chi connectivity index (χ1v) is 7.34. The number of carbonyl (C=O) groups excluding carboxylic acids is 1. The zero-order valence-corrected chi connectivity index (χ0v) is 11.7. The molecule has 4 heteroatoms. The maximum absolute atomic E-state index is 12.5. The minimum atomic E-state index is 0.211. The van der Waals surface area contributed by atoms with Crippen LogP contribution in [0.15, 0.2) is 0 Å². The number of rotatable bonds is 4. The average molecular weight is 254 g/mol. The second kappa shape index (κ2) is 6.53. The number of nitrogens with one attached hydrogen (secondary N) is 1. The molecule has 0 radical (unpaired) electrons. The van der Waals surface area contributed by atoms with Crippen LogP contribution in [0.5, 0.6) is 0 Å². The van der Waals surface area contributed by atoms with Gasteiger partial charge < -0.3 is 15.0 Å². The quantitative estimate of drug-likeness (QED) is 0.824. The van der Waals surface area contributed by atoms with Crippen LogP contribution >= 0.6 is 0 Å². The fourth-order valence-electron chi connectivity index (χ4n) is 3.02. The van der Waals surface area contributed by atoms with Gasteiger partial charge in [-0.2, -0.15) is 0 Å². The fourth-order valence-corrected chi connectivity index (χ4v) is 3.02. The number of amides is 1. The molecule has 1 N–H and O–H groups in total. The molecular formula is C14H26N2O2. The standard InChI is InChI=1S/C14H26N2O2/c1-3-16(10-13-5-4-8-18-13)14(17)12-6-7-15-11(2)9-12/h11-13,15H,3-10H2,1-2H3/t11-,12-,13?/m0/s1. The van der Waals surface area contributed by atoms with Crippen molar-refractivity contribution in [1.29, 1.82) is 0 Å². The van der Waals surface area contributed by atoms with Crippen LogP contribution in [0.2, 0.25) is 0 Å². The highest BCUT2D eigenvalue weighted by Crippen LogP contribution is 2.20. The van der Waals surface area contributed by atoms with Crippen molar-refractivity contribution in [2.45, 2.75) is 51.7 Å². The Hall–Kier alpha value is -0.610. The van der Waals surface area contributed by atoms with E-state index >= 15 is 0 Å². The van der Waals surface area contributed by atoms with E-state index in [9.17, 15) is 4.79 Å². The zero-order chi connectivity index (χ0) is 13.0. The SMILES string of the molecule is CCN(CC1CCCO1)C(=O)[C@H]1CCN[C@@H](C)C1. The lowest BCUT2D eigenvalue weighted by atomic mass is 9.92. The van der Waals surface area contributed by atoms with Gasteiger partial charge in [-0.3, -0.25) is 4.79 Å². The van der Waals surface area contributed by atoms with Gasteiger partial charge >= 0.3 is 0 Å². The van der Waals surface area contributed by atoms with Crippen molar-refractivity contribution in [2.24, 2.45) is 5.92 Å². The highest BCUT2D eigenvalue weighted by Gasteiger charge is 2.29. The molecular weight excluding hydrogens is 228 g/mol. The van der Waals surface area contributed by atoms with Gasteiger partial charge in [0.05, 0.1) is 6.10 Å². The lowest BCUT2D eigenvalue weighted by Crippen LogP contribution is -2.46. The zero-order valence-electron chi connectivity index (χ0n) is 11.7. The van der Waals surface area contributed by atoms with Gasteiger partial charge in [-0.1, -0.05) is 0 Å². The summed E-state index contributed by atoms with van der Waals surface area (Å²) >= 11 is 0. The van der Waals surface area contributed by atoms with Crippen molar-refractivity contribution in [3.63, 3.8) is 0 Å². The summed E-state index contributed by atoms with van der Waals surface area (Å²) in [5.74, 6) is 0.545. The van der Waals surface area contributed by atoms with Gasteiger partial charge in [-0.25, -0.2) is 0 Å². The molecule has 0 aromatic heterocycles. The summed E-state index contributed by atoms with van der Waals surface area (Å²) in [6.07, 6.45) is 4.47. The molecule has 2 aliphatic rings. The van der Waals surface area contributed by atoms with Crippen LogP contribution in [0, 0.1) is 5.92 Å². The molecule has 0 aromatic rings. The van der Waals surface area contributed by atoms with E-state index in [-0.39, 0.29) is 12.0 Å². The molecule has 2 saturated heterocycles. The molecule has 104 valence electrons. The third-order valence-electron chi connectivity index (χ3n) is 4.11. The Morgan fingerprint density at radius 1 is 1.44 bits per heavy atom. The Balaban J connectivity index is 1.87. The second-order valence-corrected chi connectivity index (χ2v) is 5.59. The minimum absolute atomic E-state index is 0.211. The van der Waals surface area contributed by atoms with Gasteiger partial charge in [0.25, 0.3) is 0 Å². The number of nitrogens with zero attached hydrogens (tertiary/aromatic N) is 1. The molecule has 0 saturated carbocycles. The minimum Gasteiger partial charge on any atom is -0.376 e. The first kappa shape index (κ1) is 13.8. The smallest absolute Gasteiger partial charge is 0.225 e. The summed E-state index contributed by atoms with van der Waals surface area (Å²) in [6, 6.07) is 0.467. The summed E-state index contributed by atoms with van der Waals surface area (Å²) in [6.45, 7) is 7.65. The molecule has 0 aliphatic carbocycles. The number of ether oxygens (including phenoxy) is 1. The Labute approximate surface area is 110 Å². The lowest BCUT2D eigenvalue weighted by molar-refractivity contribution is -0.138. The lowest BCUT2D eigenvalue weighted by Gasteiger charge is -2.32. The van der Waals surface area contributed by atoms with Crippen LogP contribution in [0.25, 0.3) is 0 Å². The summed E-state index contributed by atoms with van der Waals surface area (Å²) in [7, 11) is 0. The van der Waals surface area contributed by atoms with E-state index in [0.717, 1.165) is 51.9 Å². The van der Waals surface area contributed by atoms with Crippen molar-refractivity contribution in [3.05, 3.63) is 0 Å². The number of hydrogen-bond acceptors (Lipinski definition) is 3. The third kappa shape index (κ3) is 3.45. The average Bonchev–Trinajstić information content (AvgIpc) is 2.88. The molecule has 4 nitrogen and oxygen atoms in total. The first-order valence-electron chi connectivity index (χ1n) is 7.34. The molecule has 1 amide bonds. The van der Waals surface area contributed by atoms with Crippen molar-refractivity contribution in [2.75, 3.05) is 26.2 Å². The number of hydrogen-bond donors (Lipinski definition) is 1. The monoisotopic (exact) mass is 254 g/mol. The molecule has 2 aliphatic heterocycles. The van der Waals surface area contributed by atoms with Gasteiger partial charge in [0.15, 0.2) is 0 Å². The van der Waals surface area contributed by atoms with E-state index in [1.165, 1.54) is 0 Å². The Morgan fingerprint density at radius 3 is 2.89 bits per heavy atom. The maximum atomic E-state index is 12.5. The third-order valence-corrected chi connectivity index (χ3v) is 4.11. The van der Waals surface area contributed by atoms with Crippen molar-refractivity contribution >= 4 is 5.91 Å². The van der Waals surface area contributed by atoms with Crippen LogP contribution in [-0.2, 0) is 9.53 Å². The van der Waals surface area contributed by atoms with E-state index in [1.54, 1.807) is 0 Å². The topological polar surface area (TPSA) is 41.6 Å². The highest BCUT2D eigenvalue weighted by atomic mass is 16.5. The number of piperidine rings is 1. The van der Waals surface area contributed by atoms with E-state index in [1.807, 2.05) is 4.90 Å². The Bertz CT molecular complexity index is 277. The van der Waals surface area contributed by atoms with Gasteiger partial charge in [0.2, 0.25) is 5.91 Å². The van der Waals surface area contributed by atoms with Crippen molar-refractivity contribution in [1.82, 2.24) is 10.2 Å². The second-order valence-electron chi connectivity index (χ2n) is 5.59.